The van der Waals surface area contributed by atoms with E-state index < -0.39 is 0 Å². The molecule has 0 aliphatic carbocycles. The van der Waals surface area contributed by atoms with E-state index in [1.54, 1.807) is 18.2 Å². The van der Waals surface area contributed by atoms with Gasteiger partial charge in [0.15, 0.2) is 0 Å². The predicted molar refractivity (Wildman–Crippen MR) is 116 cm³/mol. The Balaban J connectivity index is 1.64. The van der Waals surface area contributed by atoms with Crippen molar-refractivity contribution in [3.63, 3.8) is 0 Å². The SMILES string of the molecule is CCCCCCOc1ccc(NC(=O)CCCOc2ccc(Cl)cc2Cl)cc1. The van der Waals surface area contributed by atoms with E-state index in [-0.39, 0.29) is 5.91 Å². The van der Waals surface area contributed by atoms with Crippen molar-refractivity contribution in [3.8, 4) is 11.5 Å². The number of ether oxygens (including phenoxy) is 2. The highest BCUT2D eigenvalue weighted by Gasteiger charge is 2.05. The summed E-state index contributed by atoms with van der Waals surface area (Å²) in [6.45, 7) is 3.32. The van der Waals surface area contributed by atoms with Crippen molar-refractivity contribution in [3.05, 3.63) is 52.5 Å². The lowest BCUT2D eigenvalue weighted by Gasteiger charge is -2.09. The third-order valence-corrected chi connectivity index (χ3v) is 4.63. The minimum atomic E-state index is -0.0564. The number of anilines is 1. The molecule has 0 aromatic heterocycles. The first kappa shape index (κ1) is 22.4. The van der Waals surface area contributed by atoms with E-state index in [1.807, 2.05) is 24.3 Å². The van der Waals surface area contributed by atoms with Gasteiger partial charge < -0.3 is 14.8 Å². The maximum atomic E-state index is 12.1. The lowest BCUT2D eigenvalue weighted by atomic mass is 10.2. The summed E-state index contributed by atoms with van der Waals surface area (Å²) in [5, 5.41) is 3.90. The van der Waals surface area contributed by atoms with Gasteiger partial charge in [-0.2, -0.15) is 0 Å². The monoisotopic (exact) mass is 423 g/mol. The van der Waals surface area contributed by atoms with Crippen LogP contribution in [0.25, 0.3) is 0 Å². The summed E-state index contributed by atoms with van der Waals surface area (Å²) in [6.07, 6.45) is 5.67. The molecule has 0 unspecified atom stereocenters. The molecule has 2 aromatic carbocycles. The molecule has 152 valence electrons. The van der Waals surface area contributed by atoms with E-state index in [0.717, 1.165) is 24.5 Å². The van der Waals surface area contributed by atoms with Gasteiger partial charge in [0.05, 0.1) is 18.2 Å². The van der Waals surface area contributed by atoms with Crippen molar-refractivity contribution in [2.45, 2.75) is 45.4 Å². The molecule has 0 atom stereocenters. The molecule has 0 spiro atoms. The summed E-state index contributed by atoms with van der Waals surface area (Å²) in [4.78, 5) is 12.1. The Morgan fingerprint density at radius 3 is 2.39 bits per heavy atom. The number of carbonyl (C=O) groups is 1. The number of rotatable bonds is 12. The fraction of sp³-hybridized carbons (Fsp3) is 0.409. The average Bonchev–Trinajstić information content (AvgIpc) is 2.68. The number of amides is 1. The number of hydrogen-bond donors (Lipinski definition) is 1. The summed E-state index contributed by atoms with van der Waals surface area (Å²) in [6, 6.07) is 12.5. The molecule has 2 rings (SSSR count). The molecular weight excluding hydrogens is 397 g/mol. The van der Waals surface area contributed by atoms with Crippen LogP contribution >= 0.6 is 23.2 Å². The normalized spacial score (nSPS) is 10.5. The molecule has 4 nitrogen and oxygen atoms in total. The van der Waals surface area contributed by atoms with E-state index in [0.29, 0.717) is 35.2 Å². The zero-order valence-electron chi connectivity index (χ0n) is 16.2. The predicted octanol–water partition coefficient (Wildman–Crippen LogP) is 6.75. The van der Waals surface area contributed by atoms with Crippen LogP contribution in [0.1, 0.15) is 45.4 Å². The van der Waals surface area contributed by atoms with Crippen LogP contribution in [0.2, 0.25) is 10.0 Å². The molecule has 28 heavy (non-hydrogen) atoms. The standard InChI is InChI=1S/C22H27Cl2NO3/c1-2-3-4-5-14-27-19-11-9-18(10-12-19)25-22(26)7-6-15-28-21-13-8-17(23)16-20(21)24/h8-13,16H,2-7,14-15H2,1H3,(H,25,26). The van der Waals surface area contributed by atoms with Crippen molar-refractivity contribution < 1.29 is 14.3 Å². The Kier molecular flexibility index (Phi) is 10.0. The number of halogens is 2. The number of benzene rings is 2. The van der Waals surface area contributed by atoms with E-state index >= 15 is 0 Å². The van der Waals surface area contributed by atoms with Gasteiger partial charge in [-0.3, -0.25) is 4.79 Å². The van der Waals surface area contributed by atoms with Crippen molar-refractivity contribution in [2.24, 2.45) is 0 Å². The second kappa shape index (κ2) is 12.5. The minimum Gasteiger partial charge on any atom is -0.494 e. The molecule has 0 radical (unpaired) electrons. The Morgan fingerprint density at radius 1 is 0.929 bits per heavy atom. The molecule has 1 amide bonds. The molecule has 1 N–H and O–H groups in total. The second-order valence-corrected chi connectivity index (χ2v) is 7.35. The Hall–Kier alpha value is -1.91. The molecule has 0 saturated heterocycles. The summed E-state index contributed by atoms with van der Waals surface area (Å²) < 4.78 is 11.3. The van der Waals surface area contributed by atoms with Crippen LogP contribution in [0.3, 0.4) is 0 Å². The van der Waals surface area contributed by atoms with Crippen LogP contribution in [-0.2, 0) is 4.79 Å². The van der Waals surface area contributed by atoms with E-state index in [9.17, 15) is 4.79 Å². The maximum absolute atomic E-state index is 12.1. The van der Waals surface area contributed by atoms with Gasteiger partial charge in [0.25, 0.3) is 0 Å². The van der Waals surface area contributed by atoms with Gasteiger partial charge in [-0.1, -0.05) is 49.4 Å². The summed E-state index contributed by atoms with van der Waals surface area (Å²) in [5.41, 5.74) is 0.755. The van der Waals surface area contributed by atoms with Crippen molar-refractivity contribution in [2.75, 3.05) is 18.5 Å². The Bertz CT molecular complexity index is 735. The van der Waals surface area contributed by atoms with Crippen LogP contribution in [0, 0.1) is 0 Å². The Labute approximate surface area is 177 Å². The first-order valence-electron chi connectivity index (χ1n) is 9.69. The summed E-state index contributed by atoms with van der Waals surface area (Å²) in [7, 11) is 0. The zero-order valence-corrected chi connectivity index (χ0v) is 17.7. The molecule has 0 saturated carbocycles. The van der Waals surface area contributed by atoms with E-state index in [4.69, 9.17) is 32.7 Å². The first-order valence-corrected chi connectivity index (χ1v) is 10.4. The van der Waals surface area contributed by atoms with Gasteiger partial charge >= 0.3 is 0 Å². The van der Waals surface area contributed by atoms with Crippen LogP contribution in [0.5, 0.6) is 11.5 Å². The maximum Gasteiger partial charge on any atom is 0.224 e. The van der Waals surface area contributed by atoms with Crippen molar-refractivity contribution >= 4 is 34.8 Å². The highest BCUT2D eigenvalue weighted by atomic mass is 35.5. The summed E-state index contributed by atoms with van der Waals surface area (Å²) >= 11 is 11.9. The molecule has 2 aromatic rings. The van der Waals surface area contributed by atoms with Gasteiger partial charge in [0.2, 0.25) is 5.91 Å². The third kappa shape index (κ3) is 8.41. The van der Waals surface area contributed by atoms with Gasteiger partial charge in [-0.15, -0.1) is 0 Å². The molecule has 6 heteroatoms. The zero-order chi connectivity index (χ0) is 20.2. The second-order valence-electron chi connectivity index (χ2n) is 6.51. The molecule has 0 heterocycles. The van der Waals surface area contributed by atoms with Crippen LogP contribution < -0.4 is 14.8 Å². The minimum absolute atomic E-state index is 0.0564. The Morgan fingerprint density at radius 2 is 1.68 bits per heavy atom. The van der Waals surface area contributed by atoms with Crippen LogP contribution in [0.4, 0.5) is 5.69 Å². The third-order valence-electron chi connectivity index (χ3n) is 4.10. The van der Waals surface area contributed by atoms with Gasteiger partial charge in [-0.25, -0.2) is 0 Å². The van der Waals surface area contributed by atoms with Gasteiger partial charge in [0, 0.05) is 17.1 Å². The molecular formula is C22H27Cl2NO3. The molecule has 0 bridgehead atoms. The van der Waals surface area contributed by atoms with Gasteiger partial charge in [-0.05, 0) is 55.3 Å². The van der Waals surface area contributed by atoms with Crippen LogP contribution in [-0.4, -0.2) is 19.1 Å². The average molecular weight is 424 g/mol. The quantitative estimate of drug-likeness (QED) is 0.384. The van der Waals surface area contributed by atoms with Crippen LogP contribution in [0.15, 0.2) is 42.5 Å². The lowest BCUT2D eigenvalue weighted by Crippen LogP contribution is -2.12. The lowest BCUT2D eigenvalue weighted by molar-refractivity contribution is -0.116. The van der Waals surface area contributed by atoms with E-state index in [1.165, 1.54) is 19.3 Å². The fourth-order valence-corrected chi connectivity index (χ4v) is 3.05. The number of nitrogens with one attached hydrogen (secondary N) is 1. The largest absolute Gasteiger partial charge is 0.494 e. The highest BCUT2D eigenvalue weighted by Crippen LogP contribution is 2.27. The van der Waals surface area contributed by atoms with Crippen molar-refractivity contribution in [1.82, 2.24) is 0 Å². The number of carbonyl (C=O) groups excluding carboxylic acids is 1. The summed E-state index contributed by atoms with van der Waals surface area (Å²) in [5.74, 6) is 1.33. The van der Waals surface area contributed by atoms with Gasteiger partial charge in [0.1, 0.15) is 11.5 Å². The van der Waals surface area contributed by atoms with E-state index in [2.05, 4.69) is 12.2 Å². The van der Waals surface area contributed by atoms with Crippen molar-refractivity contribution in [1.29, 1.82) is 0 Å². The highest BCUT2D eigenvalue weighted by molar-refractivity contribution is 6.35. The molecule has 0 fully saturated rings. The number of hydrogen-bond acceptors (Lipinski definition) is 3. The fourth-order valence-electron chi connectivity index (χ4n) is 2.58. The first-order chi connectivity index (χ1) is 13.6. The number of unbranched alkanes of at least 4 members (excludes halogenated alkanes) is 3. The molecule has 0 aliphatic heterocycles. The molecule has 0 aliphatic rings. The topological polar surface area (TPSA) is 47.6 Å². The smallest absolute Gasteiger partial charge is 0.224 e.